The van der Waals surface area contributed by atoms with Crippen molar-refractivity contribution in [1.82, 2.24) is 0 Å². The first-order valence-electron chi connectivity index (χ1n) is 7.77. The number of methoxy groups -OCH3 is 1. The normalized spacial score (nSPS) is 14.1. The van der Waals surface area contributed by atoms with Crippen LogP contribution < -0.4 is 23.7 Å². The predicted octanol–water partition coefficient (Wildman–Crippen LogP) is 3.68. The maximum atomic E-state index is 10.5. The SMILES string of the molecule is COc1cc2c(cc1-c1cc(O)c3cc4c(cc3c1)OCO4)OCO2. The van der Waals surface area contributed by atoms with Crippen LogP contribution in [0.3, 0.4) is 0 Å². The Morgan fingerprint density at radius 2 is 1.44 bits per heavy atom. The molecule has 3 aromatic rings. The Hall–Kier alpha value is -3.28. The number of aromatic hydroxyl groups is 1. The third-order valence-corrected chi connectivity index (χ3v) is 4.43. The number of fused-ring (bicyclic) bond motifs is 3. The average Bonchev–Trinajstić information content (AvgIpc) is 3.26. The van der Waals surface area contributed by atoms with Crippen LogP contribution >= 0.6 is 0 Å². The van der Waals surface area contributed by atoms with Crippen LogP contribution in [-0.2, 0) is 0 Å². The zero-order valence-electron chi connectivity index (χ0n) is 13.4. The second kappa shape index (κ2) is 5.11. The van der Waals surface area contributed by atoms with E-state index in [2.05, 4.69) is 0 Å². The van der Waals surface area contributed by atoms with Gasteiger partial charge in [0.2, 0.25) is 13.6 Å². The van der Waals surface area contributed by atoms with Crippen molar-refractivity contribution >= 4 is 10.8 Å². The lowest BCUT2D eigenvalue weighted by atomic mass is 9.98. The van der Waals surface area contributed by atoms with E-state index in [1.807, 2.05) is 18.2 Å². The molecule has 6 heteroatoms. The first-order valence-corrected chi connectivity index (χ1v) is 7.77. The van der Waals surface area contributed by atoms with Crippen LogP contribution in [0.15, 0.2) is 36.4 Å². The molecule has 0 atom stereocenters. The fraction of sp³-hybridized carbons (Fsp3) is 0.158. The molecule has 0 saturated heterocycles. The Morgan fingerprint density at radius 1 is 0.800 bits per heavy atom. The number of phenolic OH excluding ortho intramolecular Hbond substituents is 1. The van der Waals surface area contributed by atoms with Gasteiger partial charge >= 0.3 is 0 Å². The quantitative estimate of drug-likeness (QED) is 0.769. The average molecular weight is 338 g/mol. The third-order valence-electron chi connectivity index (χ3n) is 4.43. The lowest BCUT2D eigenvalue weighted by Gasteiger charge is -2.12. The smallest absolute Gasteiger partial charge is 0.231 e. The number of phenols is 1. The molecule has 0 aromatic heterocycles. The van der Waals surface area contributed by atoms with Crippen molar-refractivity contribution in [3.8, 4) is 45.6 Å². The molecule has 0 saturated carbocycles. The van der Waals surface area contributed by atoms with Crippen LogP contribution in [-0.4, -0.2) is 25.8 Å². The summed E-state index contributed by atoms with van der Waals surface area (Å²) in [6.45, 7) is 0.379. The van der Waals surface area contributed by atoms with E-state index in [-0.39, 0.29) is 19.3 Å². The summed E-state index contributed by atoms with van der Waals surface area (Å²) in [7, 11) is 1.60. The highest BCUT2D eigenvalue weighted by Crippen LogP contribution is 2.45. The largest absolute Gasteiger partial charge is 0.507 e. The monoisotopic (exact) mass is 338 g/mol. The summed E-state index contributed by atoms with van der Waals surface area (Å²) < 4.78 is 27.2. The molecule has 6 nitrogen and oxygen atoms in total. The molecule has 0 aliphatic carbocycles. The van der Waals surface area contributed by atoms with E-state index in [1.54, 1.807) is 25.3 Å². The highest BCUT2D eigenvalue weighted by molar-refractivity contribution is 5.95. The molecule has 2 heterocycles. The molecular weight excluding hydrogens is 324 g/mol. The van der Waals surface area contributed by atoms with Gasteiger partial charge in [-0.2, -0.15) is 0 Å². The van der Waals surface area contributed by atoms with Crippen LogP contribution in [0.4, 0.5) is 0 Å². The van der Waals surface area contributed by atoms with E-state index in [9.17, 15) is 5.11 Å². The van der Waals surface area contributed by atoms with Crippen LogP contribution in [0, 0.1) is 0 Å². The zero-order valence-corrected chi connectivity index (χ0v) is 13.4. The number of ether oxygens (including phenoxy) is 5. The summed E-state index contributed by atoms with van der Waals surface area (Å²) in [5.41, 5.74) is 1.61. The maximum Gasteiger partial charge on any atom is 0.231 e. The summed E-state index contributed by atoms with van der Waals surface area (Å²) >= 11 is 0. The molecule has 0 amide bonds. The van der Waals surface area contributed by atoms with Crippen molar-refractivity contribution in [3.63, 3.8) is 0 Å². The van der Waals surface area contributed by atoms with Crippen molar-refractivity contribution < 1.29 is 28.8 Å². The minimum atomic E-state index is 0.158. The van der Waals surface area contributed by atoms with Gasteiger partial charge in [0.1, 0.15) is 11.5 Å². The first-order chi connectivity index (χ1) is 12.2. The lowest BCUT2D eigenvalue weighted by molar-refractivity contribution is 0.173. The van der Waals surface area contributed by atoms with Gasteiger partial charge in [-0.05, 0) is 41.3 Å². The standard InChI is InChI=1S/C19H14O6/c1-21-15-7-19-18(24-9-25-19)6-13(15)10-2-11-4-16-17(23-8-22-16)5-12(11)14(20)3-10/h2-7,20H,8-9H2,1H3. The number of hydrogen-bond acceptors (Lipinski definition) is 6. The molecule has 1 N–H and O–H groups in total. The highest BCUT2D eigenvalue weighted by Gasteiger charge is 2.21. The lowest BCUT2D eigenvalue weighted by Crippen LogP contribution is -1.92. The van der Waals surface area contributed by atoms with Crippen molar-refractivity contribution in [1.29, 1.82) is 0 Å². The molecule has 2 aliphatic rings. The van der Waals surface area contributed by atoms with Crippen molar-refractivity contribution in [3.05, 3.63) is 36.4 Å². The zero-order chi connectivity index (χ0) is 17.0. The molecule has 0 radical (unpaired) electrons. The maximum absolute atomic E-state index is 10.5. The van der Waals surface area contributed by atoms with Gasteiger partial charge in [0.15, 0.2) is 23.0 Å². The van der Waals surface area contributed by atoms with Crippen molar-refractivity contribution in [2.75, 3.05) is 20.7 Å². The summed E-state index contributed by atoms with van der Waals surface area (Å²) in [5.74, 6) is 3.40. The van der Waals surface area contributed by atoms with Gasteiger partial charge in [-0.25, -0.2) is 0 Å². The molecule has 0 spiro atoms. The molecule has 3 aromatic carbocycles. The summed E-state index contributed by atoms with van der Waals surface area (Å²) in [6.07, 6.45) is 0. The Balaban J connectivity index is 1.72. The molecule has 2 aliphatic heterocycles. The minimum absolute atomic E-state index is 0.158. The van der Waals surface area contributed by atoms with E-state index < -0.39 is 0 Å². The van der Waals surface area contributed by atoms with Crippen LogP contribution in [0.2, 0.25) is 0 Å². The van der Waals surface area contributed by atoms with Crippen LogP contribution in [0.1, 0.15) is 0 Å². The van der Waals surface area contributed by atoms with Gasteiger partial charge in [0.05, 0.1) is 7.11 Å². The minimum Gasteiger partial charge on any atom is -0.507 e. The number of hydrogen-bond donors (Lipinski definition) is 1. The molecule has 126 valence electrons. The molecule has 0 bridgehead atoms. The molecule has 0 unspecified atom stereocenters. The number of rotatable bonds is 2. The first kappa shape index (κ1) is 14.1. The Labute approximate surface area is 143 Å². The fourth-order valence-corrected chi connectivity index (χ4v) is 3.21. The Bertz CT molecular complexity index is 1010. The molecular formula is C19H14O6. The molecule has 25 heavy (non-hydrogen) atoms. The van der Waals surface area contributed by atoms with E-state index in [0.29, 0.717) is 34.1 Å². The summed E-state index contributed by atoms with van der Waals surface area (Å²) in [4.78, 5) is 0. The second-order valence-electron chi connectivity index (χ2n) is 5.83. The van der Waals surface area contributed by atoms with Crippen molar-refractivity contribution in [2.24, 2.45) is 0 Å². The van der Waals surface area contributed by atoms with Crippen LogP contribution in [0.25, 0.3) is 21.9 Å². The van der Waals surface area contributed by atoms with E-state index in [1.165, 1.54) is 0 Å². The fourth-order valence-electron chi connectivity index (χ4n) is 3.21. The van der Waals surface area contributed by atoms with Gasteiger partial charge < -0.3 is 28.8 Å². The van der Waals surface area contributed by atoms with Gasteiger partial charge in [-0.15, -0.1) is 0 Å². The predicted molar refractivity (Wildman–Crippen MR) is 89.8 cm³/mol. The van der Waals surface area contributed by atoms with E-state index in [4.69, 9.17) is 23.7 Å². The topological polar surface area (TPSA) is 66.4 Å². The second-order valence-corrected chi connectivity index (χ2v) is 5.83. The summed E-state index contributed by atoms with van der Waals surface area (Å²) in [6, 6.07) is 11.0. The Kier molecular flexibility index (Phi) is 2.88. The van der Waals surface area contributed by atoms with Crippen molar-refractivity contribution in [2.45, 2.75) is 0 Å². The van der Waals surface area contributed by atoms with Gasteiger partial charge in [0, 0.05) is 17.0 Å². The van der Waals surface area contributed by atoms with Gasteiger partial charge in [-0.1, -0.05) is 0 Å². The van der Waals surface area contributed by atoms with Gasteiger partial charge in [-0.3, -0.25) is 0 Å². The number of benzene rings is 3. The molecule has 5 rings (SSSR count). The summed E-state index contributed by atoms with van der Waals surface area (Å²) in [5, 5.41) is 12.1. The Morgan fingerprint density at radius 3 is 2.16 bits per heavy atom. The van der Waals surface area contributed by atoms with Gasteiger partial charge in [0.25, 0.3) is 0 Å². The van der Waals surface area contributed by atoms with E-state index in [0.717, 1.165) is 16.5 Å². The van der Waals surface area contributed by atoms with Crippen LogP contribution in [0.5, 0.6) is 34.5 Å². The van der Waals surface area contributed by atoms with E-state index >= 15 is 0 Å². The third kappa shape index (κ3) is 2.11. The molecule has 0 fully saturated rings. The highest BCUT2D eigenvalue weighted by atomic mass is 16.7.